The molecule has 0 saturated heterocycles. The lowest BCUT2D eigenvalue weighted by molar-refractivity contribution is 0.0699. The van der Waals surface area contributed by atoms with Crippen LogP contribution in [-0.4, -0.2) is 27.6 Å². The summed E-state index contributed by atoms with van der Waals surface area (Å²) in [6, 6.07) is 8.82. The molecule has 0 atom stereocenters. The second-order valence-electron chi connectivity index (χ2n) is 4.53. The molecule has 21 heavy (non-hydrogen) atoms. The highest BCUT2D eigenvalue weighted by Crippen LogP contribution is 2.20. The van der Waals surface area contributed by atoms with Crippen LogP contribution in [0, 0.1) is 0 Å². The first-order chi connectivity index (χ1) is 10.2. The zero-order chi connectivity index (χ0) is 14.7. The van der Waals surface area contributed by atoms with Crippen molar-refractivity contribution in [3.63, 3.8) is 0 Å². The van der Waals surface area contributed by atoms with Crippen molar-refractivity contribution in [3.8, 4) is 0 Å². The van der Waals surface area contributed by atoms with Gasteiger partial charge in [-0.3, -0.25) is 0 Å². The van der Waals surface area contributed by atoms with Gasteiger partial charge in [0, 0.05) is 23.7 Å². The molecule has 6 heteroatoms. The van der Waals surface area contributed by atoms with Gasteiger partial charge in [-0.2, -0.15) is 0 Å². The molecule has 0 radical (unpaired) electrons. The van der Waals surface area contributed by atoms with Crippen molar-refractivity contribution in [2.24, 2.45) is 0 Å². The second-order valence-corrected chi connectivity index (χ2v) is 5.25. The summed E-state index contributed by atoms with van der Waals surface area (Å²) in [5, 5.41) is 15.1. The Bertz CT molecular complexity index is 772. The number of aromatic carboxylic acids is 1. The number of anilines is 1. The predicted octanol–water partition coefficient (Wildman–Crippen LogP) is 3.04. The summed E-state index contributed by atoms with van der Waals surface area (Å²) in [5.41, 5.74) is 3.75. The van der Waals surface area contributed by atoms with Crippen LogP contribution in [0.25, 0.3) is 10.9 Å². The number of nitrogens with one attached hydrogen (secondary N) is 1. The maximum atomic E-state index is 11.4. The van der Waals surface area contributed by atoms with E-state index in [0.29, 0.717) is 23.3 Å². The van der Waals surface area contributed by atoms with E-state index in [4.69, 9.17) is 0 Å². The van der Waals surface area contributed by atoms with Crippen LogP contribution in [0.15, 0.2) is 41.2 Å². The number of carboxylic acid groups (broad SMARTS) is 1. The van der Waals surface area contributed by atoms with Gasteiger partial charge in [0.25, 0.3) is 0 Å². The van der Waals surface area contributed by atoms with Gasteiger partial charge < -0.3 is 10.4 Å². The van der Waals surface area contributed by atoms with E-state index in [1.165, 1.54) is 0 Å². The first kappa shape index (κ1) is 13.5. The van der Waals surface area contributed by atoms with Crippen molar-refractivity contribution in [1.82, 2.24) is 9.97 Å². The van der Waals surface area contributed by atoms with Crippen LogP contribution in [-0.2, 0) is 6.42 Å². The minimum Gasteiger partial charge on any atom is -0.478 e. The molecule has 0 aliphatic rings. The Morgan fingerprint density at radius 3 is 2.95 bits per heavy atom. The molecule has 2 N–H and O–H groups in total. The summed E-state index contributed by atoms with van der Waals surface area (Å²) in [7, 11) is 0. The minimum atomic E-state index is -0.948. The highest BCUT2D eigenvalue weighted by molar-refractivity contribution is 7.07. The zero-order valence-electron chi connectivity index (χ0n) is 11.1. The van der Waals surface area contributed by atoms with Gasteiger partial charge >= 0.3 is 5.97 Å². The molecular formula is C15H13N3O2S. The van der Waals surface area contributed by atoms with Crippen LogP contribution in [0.2, 0.25) is 0 Å². The standard InChI is InChI=1S/C15H13N3O2S/c19-15(20)12-7-14(16-6-5-10-8-21-9-17-10)18-13-4-2-1-3-11(12)13/h1-4,7-9H,5-6H2,(H,16,18)(H,19,20). The third-order valence-electron chi connectivity index (χ3n) is 3.12. The fraction of sp³-hybridized carbons (Fsp3) is 0.133. The van der Waals surface area contributed by atoms with Crippen molar-refractivity contribution >= 4 is 34.0 Å². The molecule has 0 aliphatic heterocycles. The van der Waals surface area contributed by atoms with E-state index < -0.39 is 5.97 Å². The Kier molecular flexibility index (Phi) is 3.79. The van der Waals surface area contributed by atoms with Crippen LogP contribution < -0.4 is 5.32 Å². The number of carbonyl (C=O) groups is 1. The Hall–Kier alpha value is -2.47. The van der Waals surface area contributed by atoms with E-state index in [2.05, 4.69) is 15.3 Å². The second kappa shape index (κ2) is 5.88. The van der Waals surface area contributed by atoms with Crippen LogP contribution in [0.5, 0.6) is 0 Å². The quantitative estimate of drug-likeness (QED) is 0.757. The molecule has 5 nitrogen and oxygen atoms in total. The van der Waals surface area contributed by atoms with Crippen molar-refractivity contribution in [2.45, 2.75) is 6.42 Å². The highest BCUT2D eigenvalue weighted by Gasteiger charge is 2.11. The number of fused-ring (bicyclic) bond motifs is 1. The van der Waals surface area contributed by atoms with Crippen LogP contribution >= 0.6 is 11.3 Å². The number of aromatic nitrogens is 2. The van der Waals surface area contributed by atoms with E-state index in [0.717, 1.165) is 12.1 Å². The van der Waals surface area contributed by atoms with Crippen molar-refractivity contribution in [3.05, 3.63) is 52.5 Å². The number of nitrogens with zero attached hydrogens (tertiary/aromatic N) is 2. The third kappa shape index (κ3) is 3.00. The lowest BCUT2D eigenvalue weighted by Crippen LogP contribution is -2.08. The summed E-state index contributed by atoms with van der Waals surface area (Å²) >= 11 is 1.56. The normalized spacial score (nSPS) is 10.7. The van der Waals surface area contributed by atoms with Gasteiger partial charge in [-0.15, -0.1) is 11.3 Å². The number of pyridine rings is 1. The smallest absolute Gasteiger partial charge is 0.336 e. The number of carboxylic acids is 1. The van der Waals surface area contributed by atoms with Gasteiger partial charge in [-0.25, -0.2) is 14.8 Å². The SMILES string of the molecule is O=C(O)c1cc(NCCc2cscn2)nc2ccccc12. The summed E-state index contributed by atoms with van der Waals surface area (Å²) in [6.07, 6.45) is 0.778. The summed E-state index contributed by atoms with van der Waals surface area (Å²) in [5.74, 6) is -0.377. The average Bonchev–Trinajstić information content (AvgIpc) is 2.99. The number of hydrogen-bond donors (Lipinski definition) is 2. The van der Waals surface area contributed by atoms with Gasteiger partial charge in [0.1, 0.15) is 5.82 Å². The van der Waals surface area contributed by atoms with Gasteiger partial charge in [0.05, 0.1) is 22.3 Å². The first-order valence-corrected chi connectivity index (χ1v) is 7.42. The number of thiazole rings is 1. The molecule has 1 aromatic carbocycles. The molecule has 0 spiro atoms. The van der Waals surface area contributed by atoms with Gasteiger partial charge in [-0.05, 0) is 12.1 Å². The number of rotatable bonds is 5. The van der Waals surface area contributed by atoms with Crippen molar-refractivity contribution in [2.75, 3.05) is 11.9 Å². The Balaban J connectivity index is 1.83. The summed E-state index contributed by atoms with van der Waals surface area (Å²) in [6.45, 7) is 0.661. The fourth-order valence-corrected chi connectivity index (χ4v) is 2.72. The molecule has 106 valence electrons. The maximum absolute atomic E-state index is 11.4. The molecule has 3 rings (SSSR count). The van der Waals surface area contributed by atoms with Crippen molar-refractivity contribution in [1.29, 1.82) is 0 Å². The number of para-hydroxylation sites is 1. The van der Waals surface area contributed by atoms with Crippen molar-refractivity contribution < 1.29 is 9.90 Å². The fourth-order valence-electron chi connectivity index (χ4n) is 2.12. The van der Waals surface area contributed by atoms with Gasteiger partial charge in [0.15, 0.2) is 0 Å². The molecule has 0 saturated carbocycles. The minimum absolute atomic E-state index is 0.261. The topological polar surface area (TPSA) is 75.1 Å². The molecule has 3 aromatic rings. The lowest BCUT2D eigenvalue weighted by atomic mass is 10.1. The van der Waals surface area contributed by atoms with E-state index in [-0.39, 0.29) is 5.56 Å². The monoisotopic (exact) mass is 299 g/mol. The van der Waals surface area contributed by atoms with E-state index in [1.54, 1.807) is 29.0 Å². The van der Waals surface area contributed by atoms with Crippen LogP contribution in [0.1, 0.15) is 16.1 Å². The third-order valence-corrected chi connectivity index (χ3v) is 3.75. The molecule has 2 aromatic heterocycles. The Labute approximate surface area is 125 Å². The van der Waals surface area contributed by atoms with E-state index in [1.807, 2.05) is 23.6 Å². The Morgan fingerprint density at radius 1 is 1.33 bits per heavy atom. The largest absolute Gasteiger partial charge is 0.478 e. The molecular weight excluding hydrogens is 286 g/mol. The maximum Gasteiger partial charge on any atom is 0.336 e. The first-order valence-electron chi connectivity index (χ1n) is 6.48. The Morgan fingerprint density at radius 2 is 2.19 bits per heavy atom. The molecule has 0 bridgehead atoms. The molecule has 0 amide bonds. The number of benzene rings is 1. The highest BCUT2D eigenvalue weighted by atomic mass is 32.1. The molecule has 0 aliphatic carbocycles. The van der Waals surface area contributed by atoms with Gasteiger partial charge in [0.2, 0.25) is 0 Å². The average molecular weight is 299 g/mol. The zero-order valence-corrected chi connectivity index (χ0v) is 11.9. The molecule has 2 heterocycles. The summed E-state index contributed by atoms with van der Waals surface area (Å²) in [4.78, 5) is 20.0. The lowest BCUT2D eigenvalue weighted by Gasteiger charge is -2.08. The molecule has 0 unspecified atom stereocenters. The predicted molar refractivity (Wildman–Crippen MR) is 83.0 cm³/mol. The van der Waals surface area contributed by atoms with Crippen LogP contribution in [0.4, 0.5) is 5.82 Å². The van der Waals surface area contributed by atoms with E-state index >= 15 is 0 Å². The van der Waals surface area contributed by atoms with Gasteiger partial charge in [-0.1, -0.05) is 18.2 Å². The van der Waals surface area contributed by atoms with Crippen LogP contribution in [0.3, 0.4) is 0 Å². The van der Waals surface area contributed by atoms with E-state index in [9.17, 15) is 9.90 Å². The molecule has 0 fully saturated rings. The summed E-state index contributed by atoms with van der Waals surface area (Å²) < 4.78 is 0. The number of hydrogen-bond acceptors (Lipinski definition) is 5.